The quantitative estimate of drug-likeness (QED) is 0.694. The lowest BCUT2D eigenvalue weighted by Gasteiger charge is -2.12. The Hall–Kier alpha value is -3.60. The molecule has 2 amide bonds. The van der Waals surface area contributed by atoms with E-state index in [0.717, 1.165) is 22.6 Å². The maximum atomic E-state index is 12.6. The summed E-state index contributed by atoms with van der Waals surface area (Å²) in [5.41, 5.74) is 5.07. The summed E-state index contributed by atoms with van der Waals surface area (Å²) in [5, 5.41) is 5.75. The van der Waals surface area contributed by atoms with Gasteiger partial charge in [-0.25, -0.2) is 0 Å². The Morgan fingerprint density at radius 1 is 0.862 bits per heavy atom. The zero-order valence-electron chi connectivity index (χ0n) is 16.4. The molecule has 1 aliphatic rings. The highest BCUT2D eigenvalue weighted by atomic mass is 16.5. The van der Waals surface area contributed by atoms with Crippen LogP contribution in [0.4, 0.5) is 11.4 Å². The number of amides is 2. The first-order valence-corrected chi connectivity index (χ1v) is 9.54. The Morgan fingerprint density at radius 3 is 2.45 bits per heavy atom. The third-order valence-corrected chi connectivity index (χ3v) is 5.10. The maximum Gasteiger partial charge on any atom is 0.265 e. The maximum absolute atomic E-state index is 12.6. The minimum absolute atomic E-state index is 0.228. The topological polar surface area (TPSA) is 67.4 Å². The Morgan fingerprint density at radius 2 is 1.66 bits per heavy atom. The SMILES string of the molecule is Cc1ccc(NC(=O)c2cccc(NC(=O)C3Cc4ccccc4O3)c2)cc1C. The van der Waals surface area contributed by atoms with Crippen LogP contribution < -0.4 is 15.4 Å². The fourth-order valence-corrected chi connectivity index (χ4v) is 3.31. The largest absolute Gasteiger partial charge is 0.480 e. The van der Waals surface area contributed by atoms with Crippen LogP contribution in [0.2, 0.25) is 0 Å². The summed E-state index contributed by atoms with van der Waals surface area (Å²) in [5.74, 6) is 0.288. The Labute approximate surface area is 169 Å². The van der Waals surface area contributed by atoms with Crippen molar-refractivity contribution < 1.29 is 14.3 Å². The predicted molar refractivity (Wildman–Crippen MR) is 114 cm³/mol. The molecule has 5 heteroatoms. The van der Waals surface area contributed by atoms with E-state index in [1.165, 1.54) is 5.56 Å². The summed E-state index contributed by atoms with van der Waals surface area (Å²) in [7, 11) is 0. The number of benzene rings is 3. The Kier molecular flexibility index (Phi) is 5.04. The van der Waals surface area contributed by atoms with Crippen molar-refractivity contribution in [2.75, 3.05) is 10.6 Å². The average molecular weight is 386 g/mol. The zero-order chi connectivity index (χ0) is 20.4. The standard InChI is InChI=1S/C24H22N2O3/c1-15-10-11-20(12-16(15)2)25-23(27)18-7-5-8-19(13-18)26-24(28)22-14-17-6-3-4-9-21(17)29-22/h3-13,22H,14H2,1-2H3,(H,25,27)(H,26,28). The molecule has 2 N–H and O–H groups in total. The van der Waals surface area contributed by atoms with Gasteiger partial charge in [0.15, 0.2) is 6.10 Å². The van der Waals surface area contributed by atoms with Crippen LogP contribution in [0.5, 0.6) is 5.75 Å². The van der Waals surface area contributed by atoms with Gasteiger partial charge in [-0.1, -0.05) is 30.3 Å². The predicted octanol–water partition coefficient (Wildman–Crippen LogP) is 4.50. The summed E-state index contributed by atoms with van der Waals surface area (Å²) >= 11 is 0. The number of ether oxygens (including phenoxy) is 1. The smallest absolute Gasteiger partial charge is 0.265 e. The highest BCUT2D eigenvalue weighted by molar-refractivity contribution is 6.05. The molecule has 0 aliphatic carbocycles. The van der Waals surface area contributed by atoms with Gasteiger partial charge in [0.1, 0.15) is 5.75 Å². The van der Waals surface area contributed by atoms with Gasteiger partial charge >= 0.3 is 0 Å². The van der Waals surface area contributed by atoms with Crippen LogP contribution in [0.3, 0.4) is 0 Å². The van der Waals surface area contributed by atoms with Gasteiger partial charge in [0.25, 0.3) is 11.8 Å². The van der Waals surface area contributed by atoms with Crippen molar-refractivity contribution in [1.29, 1.82) is 0 Å². The van der Waals surface area contributed by atoms with Crippen molar-refractivity contribution in [1.82, 2.24) is 0 Å². The minimum atomic E-state index is -0.569. The molecule has 1 aliphatic heterocycles. The highest BCUT2D eigenvalue weighted by Gasteiger charge is 2.28. The van der Waals surface area contributed by atoms with Crippen LogP contribution in [0.15, 0.2) is 66.7 Å². The number of carbonyl (C=O) groups is 2. The molecule has 4 rings (SSSR count). The third-order valence-electron chi connectivity index (χ3n) is 5.10. The van der Waals surface area contributed by atoms with Gasteiger partial charge in [-0.05, 0) is 66.9 Å². The first-order chi connectivity index (χ1) is 14.0. The number of nitrogens with one attached hydrogen (secondary N) is 2. The highest BCUT2D eigenvalue weighted by Crippen LogP contribution is 2.28. The normalized spacial score (nSPS) is 14.6. The second kappa shape index (κ2) is 7.80. The van der Waals surface area contributed by atoms with E-state index in [1.54, 1.807) is 24.3 Å². The van der Waals surface area contributed by atoms with Gasteiger partial charge < -0.3 is 15.4 Å². The van der Waals surface area contributed by atoms with E-state index < -0.39 is 6.10 Å². The van der Waals surface area contributed by atoms with Gasteiger partial charge in [0.05, 0.1) is 0 Å². The molecule has 1 unspecified atom stereocenters. The Bertz CT molecular complexity index is 1070. The number of fused-ring (bicyclic) bond motifs is 1. The summed E-state index contributed by atoms with van der Waals surface area (Å²) in [6, 6.07) is 20.3. The minimum Gasteiger partial charge on any atom is -0.480 e. The lowest BCUT2D eigenvalue weighted by molar-refractivity contribution is -0.122. The zero-order valence-corrected chi connectivity index (χ0v) is 16.4. The number of aryl methyl sites for hydroxylation is 2. The summed E-state index contributed by atoms with van der Waals surface area (Å²) in [6.07, 6.45) is -0.0324. The summed E-state index contributed by atoms with van der Waals surface area (Å²) < 4.78 is 5.73. The first-order valence-electron chi connectivity index (χ1n) is 9.54. The fourth-order valence-electron chi connectivity index (χ4n) is 3.31. The molecular formula is C24H22N2O3. The van der Waals surface area contributed by atoms with Crippen molar-refractivity contribution in [2.45, 2.75) is 26.4 Å². The molecule has 5 nitrogen and oxygen atoms in total. The van der Waals surface area contributed by atoms with Gasteiger partial charge in [0, 0.05) is 23.4 Å². The Balaban J connectivity index is 1.42. The van der Waals surface area contributed by atoms with Crippen molar-refractivity contribution in [2.24, 2.45) is 0 Å². The van der Waals surface area contributed by atoms with Crippen LogP contribution in [0.1, 0.15) is 27.0 Å². The third kappa shape index (κ3) is 4.14. The second-order valence-electron chi connectivity index (χ2n) is 7.24. The van der Waals surface area contributed by atoms with Crippen LogP contribution >= 0.6 is 0 Å². The van der Waals surface area contributed by atoms with Crippen LogP contribution in [-0.4, -0.2) is 17.9 Å². The molecule has 146 valence electrons. The van der Waals surface area contributed by atoms with Gasteiger partial charge in [0.2, 0.25) is 0 Å². The van der Waals surface area contributed by atoms with E-state index in [-0.39, 0.29) is 11.8 Å². The molecule has 1 heterocycles. The molecule has 1 atom stereocenters. The molecule has 0 fully saturated rings. The van der Waals surface area contributed by atoms with E-state index in [9.17, 15) is 9.59 Å². The molecule has 0 bridgehead atoms. The van der Waals surface area contributed by atoms with Crippen LogP contribution in [0.25, 0.3) is 0 Å². The first kappa shape index (κ1) is 18.7. The monoisotopic (exact) mass is 386 g/mol. The van der Waals surface area contributed by atoms with Crippen LogP contribution in [0, 0.1) is 13.8 Å². The number of hydrogen-bond acceptors (Lipinski definition) is 3. The fraction of sp³-hybridized carbons (Fsp3) is 0.167. The number of anilines is 2. The van der Waals surface area contributed by atoms with E-state index in [1.807, 2.05) is 56.3 Å². The molecule has 0 radical (unpaired) electrons. The van der Waals surface area contributed by atoms with E-state index in [2.05, 4.69) is 10.6 Å². The molecule has 3 aromatic rings. The number of hydrogen-bond donors (Lipinski definition) is 2. The summed E-state index contributed by atoms with van der Waals surface area (Å²) in [6.45, 7) is 4.03. The van der Waals surface area contributed by atoms with Gasteiger partial charge in [-0.3, -0.25) is 9.59 Å². The number of para-hydroxylation sites is 1. The van der Waals surface area contributed by atoms with Crippen molar-refractivity contribution in [3.05, 3.63) is 89.0 Å². The number of carbonyl (C=O) groups excluding carboxylic acids is 2. The lowest BCUT2D eigenvalue weighted by Crippen LogP contribution is -2.31. The van der Waals surface area contributed by atoms with Gasteiger partial charge in [-0.2, -0.15) is 0 Å². The number of rotatable bonds is 4. The van der Waals surface area contributed by atoms with Crippen molar-refractivity contribution in [3.63, 3.8) is 0 Å². The average Bonchev–Trinajstić information content (AvgIpc) is 3.15. The molecule has 0 aromatic heterocycles. The molecule has 3 aromatic carbocycles. The van der Waals surface area contributed by atoms with Gasteiger partial charge in [-0.15, -0.1) is 0 Å². The molecule has 0 spiro atoms. The van der Waals surface area contributed by atoms with E-state index in [0.29, 0.717) is 17.7 Å². The van der Waals surface area contributed by atoms with Crippen molar-refractivity contribution >= 4 is 23.2 Å². The van der Waals surface area contributed by atoms with Crippen LogP contribution in [-0.2, 0) is 11.2 Å². The molecular weight excluding hydrogens is 364 g/mol. The molecule has 0 saturated carbocycles. The molecule has 0 saturated heterocycles. The lowest BCUT2D eigenvalue weighted by atomic mass is 10.1. The van der Waals surface area contributed by atoms with E-state index >= 15 is 0 Å². The van der Waals surface area contributed by atoms with E-state index in [4.69, 9.17) is 4.74 Å². The molecule has 29 heavy (non-hydrogen) atoms. The second-order valence-corrected chi connectivity index (χ2v) is 7.24. The summed E-state index contributed by atoms with van der Waals surface area (Å²) in [4.78, 5) is 25.2. The van der Waals surface area contributed by atoms with Crippen molar-refractivity contribution in [3.8, 4) is 5.75 Å².